The number of carboxylic acids is 1. The third-order valence-electron chi connectivity index (χ3n) is 1.35. The summed E-state index contributed by atoms with van der Waals surface area (Å²) in [4.78, 5) is 32.2. The van der Waals surface area contributed by atoms with Crippen LogP contribution < -0.4 is 10.6 Å². The number of nitrogens with one attached hydrogen (secondary N) is 2. The van der Waals surface area contributed by atoms with Gasteiger partial charge in [-0.2, -0.15) is 11.8 Å². The van der Waals surface area contributed by atoms with Gasteiger partial charge in [-0.25, -0.2) is 4.79 Å². The maximum absolute atomic E-state index is 11.1. The van der Waals surface area contributed by atoms with Gasteiger partial charge in [0.05, 0.1) is 12.2 Å². The Morgan fingerprint density at radius 3 is 2.62 bits per heavy atom. The minimum Gasteiger partial charge on any atom is -0.481 e. The van der Waals surface area contributed by atoms with E-state index in [0.717, 1.165) is 11.8 Å². The molecular formula is C9H14N2O4S. The zero-order valence-electron chi connectivity index (χ0n) is 8.69. The molecule has 90 valence electrons. The molecule has 16 heavy (non-hydrogen) atoms. The van der Waals surface area contributed by atoms with E-state index in [1.54, 1.807) is 0 Å². The highest BCUT2D eigenvalue weighted by atomic mass is 32.2. The third kappa shape index (κ3) is 9.07. The van der Waals surface area contributed by atoms with Gasteiger partial charge in [0, 0.05) is 12.3 Å². The van der Waals surface area contributed by atoms with Gasteiger partial charge in [0.15, 0.2) is 0 Å². The molecule has 0 aliphatic carbocycles. The van der Waals surface area contributed by atoms with E-state index < -0.39 is 17.9 Å². The summed E-state index contributed by atoms with van der Waals surface area (Å²) in [7, 11) is 0. The Hall–Kier alpha value is -1.50. The van der Waals surface area contributed by atoms with Crippen LogP contribution in [-0.4, -0.2) is 41.1 Å². The van der Waals surface area contributed by atoms with Gasteiger partial charge < -0.3 is 10.4 Å². The zero-order chi connectivity index (χ0) is 12.4. The Bertz CT molecular complexity index is 281. The van der Waals surface area contributed by atoms with Gasteiger partial charge in [0.25, 0.3) is 0 Å². The average molecular weight is 246 g/mol. The van der Waals surface area contributed by atoms with Crippen LogP contribution in [0.5, 0.6) is 0 Å². The first-order valence-corrected chi connectivity index (χ1v) is 5.70. The lowest BCUT2D eigenvalue weighted by Crippen LogP contribution is -2.40. The maximum atomic E-state index is 11.1. The van der Waals surface area contributed by atoms with E-state index >= 15 is 0 Å². The Morgan fingerprint density at radius 1 is 1.38 bits per heavy atom. The average Bonchev–Trinajstić information content (AvgIpc) is 2.21. The first kappa shape index (κ1) is 14.5. The second kappa shape index (κ2) is 8.78. The van der Waals surface area contributed by atoms with E-state index in [9.17, 15) is 14.4 Å². The molecule has 0 aromatic heterocycles. The molecule has 7 heteroatoms. The fourth-order valence-electron chi connectivity index (χ4n) is 0.696. The van der Waals surface area contributed by atoms with Crippen molar-refractivity contribution in [3.8, 4) is 0 Å². The molecule has 0 aromatic rings. The monoisotopic (exact) mass is 246 g/mol. The summed E-state index contributed by atoms with van der Waals surface area (Å²) < 4.78 is 0. The highest BCUT2D eigenvalue weighted by molar-refractivity contribution is 7.99. The van der Waals surface area contributed by atoms with E-state index in [1.807, 2.05) is 0 Å². The molecule has 0 aliphatic heterocycles. The van der Waals surface area contributed by atoms with Crippen LogP contribution in [0.2, 0.25) is 0 Å². The van der Waals surface area contributed by atoms with Crippen LogP contribution in [0.3, 0.4) is 0 Å². The van der Waals surface area contributed by atoms with Crippen molar-refractivity contribution in [2.24, 2.45) is 0 Å². The molecule has 0 aromatic carbocycles. The molecule has 0 saturated heterocycles. The van der Waals surface area contributed by atoms with Crippen molar-refractivity contribution in [1.29, 1.82) is 0 Å². The topological polar surface area (TPSA) is 95.5 Å². The van der Waals surface area contributed by atoms with E-state index in [4.69, 9.17) is 5.11 Å². The van der Waals surface area contributed by atoms with Crippen LogP contribution in [0, 0.1) is 0 Å². The number of hydrogen-bond donors (Lipinski definition) is 3. The number of thioether (sulfide) groups is 1. The maximum Gasteiger partial charge on any atom is 0.321 e. The number of imide groups is 1. The molecular weight excluding hydrogens is 232 g/mol. The largest absolute Gasteiger partial charge is 0.481 e. The molecule has 0 heterocycles. The number of carbonyl (C=O) groups excluding carboxylic acids is 2. The summed E-state index contributed by atoms with van der Waals surface area (Å²) in [5, 5.41) is 12.8. The third-order valence-corrected chi connectivity index (χ3v) is 2.31. The lowest BCUT2D eigenvalue weighted by Gasteiger charge is -2.03. The molecule has 0 spiro atoms. The first-order valence-electron chi connectivity index (χ1n) is 4.54. The van der Waals surface area contributed by atoms with Crippen molar-refractivity contribution in [3.63, 3.8) is 0 Å². The Balaban J connectivity index is 3.54. The van der Waals surface area contributed by atoms with Crippen molar-refractivity contribution < 1.29 is 19.5 Å². The number of rotatable bonds is 7. The summed E-state index contributed by atoms with van der Waals surface area (Å²) in [6.45, 7) is 3.68. The number of aliphatic carboxylic acids is 1. The summed E-state index contributed by atoms with van der Waals surface area (Å²) >= 11 is 1.16. The van der Waals surface area contributed by atoms with E-state index in [0.29, 0.717) is 5.75 Å². The van der Waals surface area contributed by atoms with Crippen molar-refractivity contribution in [3.05, 3.63) is 12.7 Å². The van der Waals surface area contributed by atoms with Gasteiger partial charge in [0.2, 0.25) is 5.91 Å². The Morgan fingerprint density at radius 2 is 2.06 bits per heavy atom. The molecule has 0 fully saturated rings. The SMILES string of the molecule is C=CCNC(=O)NC(=O)CSCCC(=O)O. The van der Waals surface area contributed by atoms with Crippen LogP contribution in [0.25, 0.3) is 0 Å². The van der Waals surface area contributed by atoms with Crippen molar-refractivity contribution in [1.82, 2.24) is 10.6 Å². The van der Waals surface area contributed by atoms with Gasteiger partial charge >= 0.3 is 12.0 Å². The second-order valence-electron chi connectivity index (χ2n) is 2.74. The molecule has 0 bridgehead atoms. The number of hydrogen-bond acceptors (Lipinski definition) is 4. The lowest BCUT2D eigenvalue weighted by atomic mass is 10.5. The quantitative estimate of drug-likeness (QED) is 0.441. The van der Waals surface area contributed by atoms with Crippen LogP contribution >= 0.6 is 11.8 Å². The smallest absolute Gasteiger partial charge is 0.321 e. The zero-order valence-corrected chi connectivity index (χ0v) is 9.51. The minimum atomic E-state index is -0.906. The predicted octanol–water partition coefficient (Wildman–Crippen LogP) is 0.206. The number of amides is 3. The van der Waals surface area contributed by atoms with Gasteiger partial charge in [0.1, 0.15) is 0 Å². The molecule has 0 saturated carbocycles. The van der Waals surface area contributed by atoms with Crippen molar-refractivity contribution >= 4 is 29.7 Å². The Kier molecular flexibility index (Phi) is 7.96. The number of carbonyl (C=O) groups is 3. The molecule has 0 atom stereocenters. The van der Waals surface area contributed by atoms with Crippen LogP contribution in [0.1, 0.15) is 6.42 Å². The predicted molar refractivity (Wildman–Crippen MR) is 61.3 cm³/mol. The van der Waals surface area contributed by atoms with Gasteiger partial charge in [-0.1, -0.05) is 6.08 Å². The van der Waals surface area contributed by atoms with Gasteiger partial charge in [-0.15, -0.1) is 6.58 Å². The van der Waals surface area contributed by atoms with Crippen LogP contribution in [0.4, 0.5) is 4.79 Å². The minimum absolute atomic E-state index is 0.000602. The standard InChI is InChI=1S/C9H14N2O4S/c1-2-4-10-9(15)11-7(12)6-16-5-3-8(13)14/h2H,1,3-6H2,(H,13,14)(H2,10,11,12,15). The summed E-state index contributed by atoms with van der Waals surface area (Å²) in [6.07, 6.45) is 1.49. The molecule has 0 aliphatic rings. The first-order chi connectivity index (χ1) is 7.56. The fourth-order valence-corrected chi connectivity index (χ4v) is 1.42. The summed E-state index contributed by atoms with van der Waals surface area (Å²) in [5.41, 5.74) is 0. The van der Waals surface area contributed by atoms with Crippen molar-refractivity contribution in [2.45, 2.75) is 6.42 Å². The highest BCUT2D eigenvalue weighted by Crippen LogP contribution is 2.01. The summed E-state index contributed by atoms with van der Waals surface area (Å²) in [6, 6.07) is -0.580. The molecule has 0 unspecified atom stereocenters. The van der Waals surface area contributed by atoms with E-state index in [1.165, 1.54) is 6.08 Å². The second-order valence-corrected chi connectivity index (χ2v) is 3.85. The number of urea groups is 1. The Labute approximate surface area is 97.5 Å². The molecule has 0 rings (SSSR count). The summed E-state index contributed by atoms with van der Waals surface area (Å²) in [5.74, 6) is -0.945. The van der Waals surface area contributed by atoms with Crippen LogP contribution in [-0.2, 0) is 9.59 Å². The molecule has 3 amide bonds. The van der Waals surface area contributed by atoms with Crippen LogP contribution in [0.15, 0.2) is 12.7 Å². The fraction of sp³-hybridized carbons (Fsp3) is 0.444. The highest BCUT2D eigenvalue weighted by Gasteiger charge is 2.06. The van der Waals surface area contributed by atoms with Crippen molar-refractivity contribution in [2.75, 3.05) is 18.1 Å². The van der Waals surface area contributed by atoms with Gasteiger partial charge in [-0.05, 0) is 0 Å². The van der Waals surface area contributed by atoms with E-state index in [-0.39, 0.29) is 18.7 Å². The van der Waals surface area contributed by atoms with E-state index in [2.05, 4.69) is 17.2 Å². The lowest BCUT2D eigenvalue weighted by molar-refractivity contribution is -0.136. The number of carboxylic acid groups (broad SMARTS) is 1. The molecule has 0 radical (unpaired) electrons. The molecule has 3 N–H and O–H groups in total. The molecule has 6 nitrogen and oxygen atoms in total. The van der Waals surface area contributed by atoms with Gasteiger partial charge in [-0.3, -0.25) is 14.9 Å². The normalized spacial score (nSPS) is 9.25.